The molecule has 8 heteroatoms. The maximum absolute atomic E-state index is 12.7. The molecule has 1 aliphatic heterocycles. The predicted octanol–water partition coefficient (Wildman–Crippen LogP) is 2.29. The molecule has 3 rings (SSSR count). The van der Waals surface area contributed by atoms with Crippen molar-refractivity contribution in [2.45, 2.75) is 31.8 Å². The summed E-state index contributed by atoms with van der Waals surface area (Å²) in [5, 5.41) is 4.13. The number of nitrogens with two attached hydrogens (primary N) is 1. The molecule has 1 aromatic heterocycles. The summed E-state index contributed by atoms with van der Waals surface area (Å²) in [6, 6.07) is 7.61. The van der Waals surface area contributed by atoms with E-state index >= 15 is 0 Å². The maximum atomic E-state index is 12.7. The third kappa shape index (κ3) is 5.58. The van der Waals surface area contributed by atoms with Crippen molar-refractivity contribution in [3.05, 3.63) is 46.7 Å². The van der Waals surface area contributed by atoms with Gasteiger partial charge in [0.15, 0.2) is 0 Å². The number of primary amides is 1. The van der Waals surface area contributed by atoms with Gasteiger partial charge < -0.3 is 15.4 Å². The summed E-state index contributed by atoms with van der Waals surface area (Å²) >= 11 is 3.44. The molecular weight excluding hydrogens is 424 g/mol. The summed E-state index contributed by atoms with van der Waals surface area (Å²) < 4.78 is 8.78. The second-order valence-corrected chi connectivity index (χ2v) is 8.11. The summed E-state index contributed by atoms with van der Waals surface area (Å²) in [6.45, 7) is 1.09. The van der Waals surface area contributed by atoms with Crippen LogP contribution in [0.2, 0.25) is 0 Å². The monoisotopic (exact) mass is 448 g/mol. The number of carbonyl (C=O) groups is 2. The van der Waals surface area contributed by atoms with Crippen molar-refractivity contribution in [2.75, 3.05) is 13.1 Å². The highest BCUT2D eigenvalue weighted by atomic mass is 79.9. The van der Waals surface area contributed by atoms with E-state index in [2.05, 4.69) is 21.0 Å². The predicted molar refractivity (Wildman–Crippen MR) is 109 cm³/mol. The Morgan fingerprint density at radius 2 is 2.21 bits per heavy atom. The second-order valence-electron chi connectivity index (χ2n) is 7.19. The van der Waals surface area contributed by atoms with Gasteiger partial charge in [-0.2, -0.15) is 5.10 Å². The van der Waals surface area contributed by atoms with Gasteiger partial charge in [-0.3, -0.25) is 14.3 Å². The third-order valence-corrected chi connectivity index (χ3v) is 5.44. The minimum atomic E-state index is -0.377. The van der Waals surface area contributed by atoms with Gasteiger partial charge >= 0.3 is 0 Å². The Kier molecular flexibility index (Phi) is 6.72. The quantitative estimate of drug-likeness (QED) is 0.703. The van der Waals surface area contributed by atoms with Crippen molar-refractivity contribution in [3.8, 4) is 5.75 Å². The normalized spacial score (nSPS) is 19.4. The Balaban J connectivity index is 1.60. The van der Waals surface area contributed by atoms with Crippen LogP contribution in [0, 0.1) is 5.92 Å². The number of carbonyl (C=O) groups excluding carboxylic acids is 2. The Hall–Kier alpha value is -2.35. The Bertz CT molecular complexity index is 838. The number of hydrogen-bond acceptors (Lipinski definition) is 4. The molecule has 0 unspecified atom stereocenters. The lowest BCUT2D eigenvalue weighted by molar-refractivity contribution is -0.136. The van der Waals surface area contributed by atoms with Gasteiger partial charge in [0, 0.05) is 56.0 Å². The molecule has 0 radical (unpaired) electrons. The van der Waals surface area contributed by atoms with E-state index in [1.165, 1.54) is 0 Å². The van der Waals surface area contributed by atoms with Crippen LogP contribution in [0.3, 0.4) is 0 Å². The fourth-order valence-electron chi connectivity index (χ4n) is 3.57. The topological polar surface area (TPSA) is 90.5 Å². The molecule has 2 aromatic rings. The van der Waals surface area contributed by atoms with Crippen LogP contribution in [-0.4, -0.2) is 45.7 Å². The number of rotatable bonds is 7. The molecule has 0 bridgehead atoms. The largest absolute Gasteiger partial charge is 0.490 e. The van der Waals surface area contributed by atoms with Gasteiger partial charge in [0.05, 0.1) is 6.20 Å². The van der Waals surface area contributed by atoms with Crippen molar-refractivity contribution in [2.24, 2.45) is 18.7 Å². The number of ether oxygens (including phenoxy) is 1. The van der Waals surface area contributed by atoms with Crippen LogP contribution >= 0.6 is 15.9 Å². The highest BCUT2D eigenvalue weighted by molar-refractivity contribution is 9.10. The van der Waals surface area contributed by atoms with E-state index < -0.39 is 0 Å². The molecule has 2 heterocycles. The van der Waals surface area contributed by atoms with Crippen LogP contribution in [0.15, 0.2) is 41.1 Å². The maximum Gasteiger partial charge on any atom is 0.222 e. The zero-order valence-electron chi connectivity index (χ0n) is 15.9. The number of hydrogen-bond donors (Lipinski definition) is 1. The van der Waals surface area contributed by atoms with Crippen LogP contribution in [0.25, 0.3) is 0 Å². The fraction of sp³-hybridized carbons (Fsp3) is 0.450. The molecule has 7 nitrogen and oxygen atoms in total. The average Bonchev–Trinajstić information content (AvgIpc) is 3.06. The molecule has 0 saturated carbocycles. The third-order valence-electron chi connectivity index (χ3n) is 4.95. The van der Waals surface area contributed by atoms with Gasteiger partial charge in [0.25, 0.3) is 0 Å². The molecule has 0 spiro atoms. The van der Waals surface area contributed by atoms with Gasteiger partial charge in [0.1, 0.15) is 11.9 Å². The minimum absolute atomic E-state index is 0.0826. The zero-order chi connectivity index (χ0) is 20.1. The van der Waals surface area contributed by atoms with Crippen LogP contribution in [0.4, 0.5) is 0 Å². The smallest absolute Gasteiger partial charge is 0.222 e. The van der Waals surface area contributed by atoms with Gasteiger partial charge in [0.2, 0.25) is 11.8 Å². The van der Waals surface area contributed by atoms with Crippen molar-refractivity contribution in [3.63, 3.8) is 0 Å². The first kappa shape index (κ1) is 20.4. The first-order chi connectivity index (χ1) is 13.4. The highest BCUT2D eigenvalue weighted by Gasteiger charge is 2.33. The van der Waals surface area contributed by atoms with Gasteiger partial charge in [-0.15, -0.1) is 0 Å². The van der Waals surface area contributed by atoms with Crippen LogP contribution in [-0.2, 0) is 23.1 Å². The van der Waals surface area contributed by atoms with Crippen molar-refractivity contribution in [1.29, 1.82) is 0 Å². The van der Waals surface area contributed by atoms with Crippen LogP contribution < -0.4 is 10.5 Å². The van der Waals surface area contributed by atoms with Crippen LogP contribution in [0.5, 0.6) is 5.75 Å². The molecule has 28 heavy (non-hydrogen) atoms. The Morgan fingerprint density at radius 1 is 1.39 bits per heavy atom. The van der Waals surface area contributed by atoms with E-state index in [1.54, 1.807) is 10.9 Å². The van der Waals surface area contributed by atoms with E-state index in [0.717, 1.165) is 15.8 Å². The van der Waals surface area contributed by atoms with E-state index in [-0.39, 0.29) is 30.3 Å². The Labute approximate surface area is 173 Å². The summed E-state index contributed by atoms with van der Waals surface area (Å²) in [6.07, 6.45) is 5.49. The first-order valence-corrected chi connectivity index (χ1v) is 10.2. The molecule has 2 N–H and O–H groups in total. The van der Waals surface area contributed by atoms with E-state index in [1.807, 2.05) is 42.4 Å². The molecule has 1 saturated heterocycles. The summed E-state index contributed by atoms with van der Waals surface area (Å²) in [4.78, 5) is 26.0. The van der Waals surface area contributed by atoms with Crippen LogP contribution in [0.1, 0.15) is 24.8 Å². The fourth-order valence-corrected chi connectivity index (χ4v) is 3.95. The van der Waals surface area contributed by atoms with E-state index in [0.29, 0.717) is 32.4 Å². The molecule has 1 aromatic carbocycles. The summed E-state index contributed by atoms with van der Waals surface area (Å²) in [7, 11) is 1.86. The number of nitrogens with zero attached hydrogens (tertiary/aromatic N) is 3. The number of likely N-dealkylation sites (tertiary alicyclic amines) is 1. The lowest BCUT2D eigenvalue weighted by atomic mass is 9.90. The summed E-state index contributed by atoms with van der Waals surface area (Å²) in [5.41, 5.74) is 6.49. The average molecular weight is 449 g/mol. The minimum Gasteiger partial charge on any atom is -0.490 e. The molecule has 2 amide bonds. The number of piperidine rings is 1. The lowest BCUT2D eigenvalue weighted by Gasteiger charge is -2.38. The van der Waals surface area contributed by atoms with Gasteiger partial charge in [-0.1, -0.05) is 22.0 Å². The Morgan fingerprint density at radius 3 is 2.89 bits per heavy atom. The number of aryl methyl sites for hydroxylation is 2. The SMILES string of the molecule is Cn1cc(CCC(=O)N2CC[C@H](Oc3cccc(Br)c3)[C@@H](CC(N)=O)C2)cn1. The highest BCUT2D eigenvalue weighted by Crippen LogP contribution is 2.27. The van der Waals surface area contributed by atoms with Gasteiger partial charge in [-0.25, -0.2) is 0 Å². The van der Waals surface area contributed by atoms with Crippen molar-refractivity contribution < 1.29 is 14.3 Å². The molecular formula is C20H25BrN4O3. The van der Waals surface area contributed by atoms with Gasteiger partial charge in [-0.05, 0) is 30.2 Å². The standard InChI is InChI=1S/C20H25BrN4O3/c1-24-12-14(11-23-24)5-6-20(27)25-8-7-18(15(13-25)9-19(22)26)28-17-4-2-3-16(21)10-17/h2-4,10-12,15,18H,5-9,13H2,1H3,(H2,22,26)/t15-,18-/m0/s1. The zero-order valence-corrected chi connectivity index (χ0v) is 17.5. The lowest BCUT2D eigenvalue weighted by Crippen LogP contribution is -2.49. The van der Waals surface area contributed by atoms with E-state index in [9.17, 15) is 9.59 Å². The van der Waals surface area contributed by atoms with Crippen molar-refractivity contribution in [1.82, 2.24) is 14.7 Å². The van der Waals surface area contributed by atoms with Crippen molar-refractivity contribution >= 4 is 27.7 Å². The first-order valence-electron chi connectivity index (χ1n) is 9.36. The number of aromatic nitrogens is 2. The molecule has 0 aliphatic carbocycles. The van der Waals surface area contributed by atoms with E-state index in [4.69, 9.17) is 10.5 Å². The number of amides is 2. The number of halogens is 1. The number of benzene rings is 1. The summed E-state index contributed by atoms with van der Waals surface area (Å²) in [5.74, 6) is 0.328. The molecule has 1 fully saturated rings. The molecule has 150 valence electrons. The molecule has 2 atom stereocenters. The second kappa shape index (κ2) is 9.23. The molecule has 1 aliphatic rings.